The first-order valence-electron chi connectivity index (χ1n) is 10.0. The Morgan fingerprint density at radius 1 is 1.07 bits per heavy atom. The van der Waals surface area contributed by atoms with Gasteiger partial charge in [0.2, 0.25) is 5.91 Å². The van der Waals surface area contributed by atoms with E-state index in [1.54, 1.807) is 0 Å². The molecule has 2 fully saturated rings. The van der Waals surface area contributed by atoms with E-state index >= 15 is 0 Å². The average molecular weight is 380 g/mol. The molecule has 0 spiro atoms. The van der Waals surface area contributed by atoms with Gasteiger partial charge in [-0.3, -0.25) is 9.69 Å². The molecule has 2 aliphatic heterocycles. The van der Waals surface area contributed by atoms with Gasteiger partial charge < -0.3 is 14.4 Å². The summed E-state index contributed by atoms with van der Waals surface area (Å²) in [4.78, 5) is 16.8. The maximum Gasteiger partial charge on any atom is 0.225 e. The number of morpholine rings is 1. The van der Waals surface area contributed by atoms with E-state index in [2.05, 4.69) is 36.1 Å². The quantitative estimate of drug-likeness (QED) is 0.773. The third kappa shape index (κ3) is 4.91. The maximum atomic E-state index is 12.6. The zero-order valence-corrected chi connectivity index (χ0v) is 16.4. The first kappa shape index (κ1) is 19.0. The van der Waals surface area contributed by atoms with Gasteiger partial charge in [-0.1, -0.05) is 48.0 Å². The molecule has 5 nitrogen and oxygen atoms in total. The topological polar surface area (TPSA) is 42.0 Å². The van der Waals surface area contributed by atoms with Crippen LogP contribution in [0.5, 0.6) is 5.75 Å². The Bertz CT molecular complexity index is 772. The fraction of sp³-hybridized carbons (Fsp3) is 0.435. The van der Waals surface area contributed by atoms with Crippen LogP contribution in [0.15, 0.2) is 54.6 Å². The minimum Gasteiger partial charge on any atom is -0.487 e. The van der Waals surface area contributed by atoms with Crippen LogP contribution in [0.2, 0.25) is 0 Å². The number of carbonyl (C=O) groups excluding carboxylic acids is 1. The van der Waals surface area contributed by atoms with E-state index in [1.807, 2.05) is 35.2 Å². The number of rotatable bonds is 6. The highest BCUT2D eigenvalue weighted by atomic mass is 16.5. The van der Waals surface area contributed by atoms with Crippen LogP contribution in [0.3, 0.4) is 0 Å². The number of aryl methyl sites for hydroxylation is 1. The van der Waals surface area contributed by atoms with Gasteiger partial charge in [0.1, 0.15) is 11.9 Å². The second-order valence-corrected chi connectivity index (χ2v) is 7.77. The second-order valence-electron chi connectivity index (χ2n) is 7.77. The molecule has 0 saturated carbocycles. The summed E-state index contributed by atoms with van der Waals surface area (Å²) in [5.74, 6) is 1.03. The van der Waals surface area contributed by atoms with Crippen molar-refractivity contribution in [1.29, 1.82) is 0 Å². The number of hydrogen-bond donors (Lipinski definition) is 0. The molecule has 1 amide bonds. The van der Waals surface area contributed by atoms with E-state index in [0.29, 0.717) is 26.1 Å². The highest BCUT2D eigenvalue weighted by molar-refractivity contribution is 5.77. The standard InChI is InChI=1S/C23H28N2O3/c1-18-7-9-20(10-8-18)28-22-16-25(17-22)23(26)13-21-15-24(11-12-27-21)14-19-5-3-2-4-6-19/h2-10,21-22H,11-17H2,1H3. The van der Waals surface area contributed by atoms with Crippen molar-refractivity contribution in [3.05, 3.63) is 65.7 Å². The number of nitrogens with zero attached hydrogens (tertiary/aromatic N) is 2. The molecule has 0 aliphatic carbocycles. The molecule has 0 radical (unpaired) electrons. The van der Waals surface area contributed by atoms with Crippen molar-refractivity contribution in [2.45, 2.75) is 32.1 Å². The number of amides is 1. The summed E-state index contributed by atoms with van der Waals surface area (Å²) in [6, 6.07) is 18.5. The molecule has 1 atom stereocenters. The van der Waals surface area contributed by atoms with E-state index in [-0.39, 0.29) is 18.1 Å². The van der Waals surface area contributed by atoms with E-state index in [1.165, 1.54) is 11.1 Å². The number of benzene rings is 2. The lowest BCUT2D eigenvalue weighted by molar-refractivity contribution is -0.145. The molecule has 0 N–H and O–H groups in total. The molecule has 0 aromatic heterocycles. The highest BCUT2D eigenvalue weighted by Gasteiger charge is 2.34. The SMILES string of the molecule is Cc1ccc(OC2CN(C(=O)CC3CN(Cc4ccccc4)CCO3)C2)cc1. The molecule has 148 valence electrons. The van der Waals surface area contributed by atoms with E-state index in [9.17, 15) is 4.79 Å². The molecular weight excluding hydrogens is 352 g/mol. The van der Waals surface area contributed by atoms with Gasteiger partial charge in [0.05, 0.1) is 32.2 Å². The predicted octanol–water partition coefficient (Wildman–Crippen LogP) is 2.88. The first-order chi connectivity index (χ1) is 13.7. The molecule has 5 heteroatoms. The summed E-state index contributed by atoms with van der Waals surface area (Å²) in [5, 5.41) is 0. The van der Waals surface area contributed by atoms with Crippen LogP contribution in [0, 0.1) is 6.92 Å². The van der Waals surface area contributed by atoms with Gasteiger partial charge >= 0.3 is 0 Å². The zero-order valence-electron chi connectivity index (χ0n) is 16.4. The van der Waals surface area contributed by atoms with Crippen molar-refractivity contribution in [1.82, 2.24) is 9.80 Å². The molecule has 1 unspecified atom stereocenters. The van der Waals surface area contributed by atoms with Crippen LogP contribution in [0.4, 0.5) is 0 Å². The number of carbonyl (C=O) groups is 1. The molecule has 0 bridgehead atoms. The smallest absolute Gasteiger partial charge is 0.225 e. The normalized spacial score (nSPS) is 20.6. The van der Waals surface area contributed by atoms with Crippen LogP contribution < -0.4 is 4.74 Å². The Kier molecular flexibility index (Phi) is 5.93. The highest BCUT2D eigenvalue weighted by Crippen LogP contribution is 2.21. The molecule has 4 rings (SSSR count). The second kappa shape index (κ2) is 8.76. The summed E-state index contributed by atoms with van der Waals surface area (Å²) < 4.78 is 11.8. The van der Waals surface area contributed by atoms with Crippen molar-refractivity contribution in [3.8, 4) is 5.75 Å². The van der Waals surface area contributed by atoms with Crippen molar-refractivity contribution in [2.24, 2.45) is 0 Å². The van der Waals surface area contributed by atoms with Crippen LogP contribution in [0.1, 0.15) is 17.5 Å². The third-order valence-electron chi connectivity index (χ3n) is 5.40. The molecule has 2 aliphatic rings. The van der Waals surface area contributed by atoms with E-state index < -0.39 is 0 Å². The van der Waals surface area contributed by atoms with Crippen molar-refractivity contribution in [3.63, 3.8) is 0 Å². The summed E-state index contributed by atoms with van der Waals surface area (Å²) in [6.45, 7) is 6.69. The molecule has 28 heavy (non-hydrogen) atoms. The summed E-state index contributed by atoms with van der Waals surface area (Å²) >= 11 is 0. The Morgan fingerprint density at radius 3 is 2.57 bits per heavy atom. The average Bonchev–Trinajstić information content (AvgIpc) is 2.67. The molecular formula is C23H28N2O3. The van der Waals surface area contributed by atoms with Gasteiger partial charge in [-0.05, 0) is 24.6 Å². The Hall–Kier alpha value is -2.37. The lowest BCUT2D eigenvalue weighted by Gasteiger charge is -2.40. The van der Waals surface area contributed by atoms with Crippen molar-refractivity contribution >= 4 is 5.91 Å². The monoisotopic (exact) mass is 380 g/mol. The Morgan fingerprint density at radius 2 is 1.82 bits per heavy atom. The first-order valence-corrected chi connectivity index (χ1v) is 10.0. The van der Waals surface area contributed by atoms with Gasteiger partial charge in [-0.2, -0.15) is 0 Å². The van der Waals surface area contributed by atoms with Gasteiger partial charge in [0, 0.05) is 19.6 Å². The minimum absolute atomic E-state index is 0.0259. The number of hydrogen-bond acceptors (Lipinski definition) is 4. The summed E-state index contributed by atoms with van der Waals surface area (Å²) in [6.07, 6.45) is 0.512. The summed E-state index contributed by atoms with van der Waals surface area (Å²) in [5.41, 5.74) is 2.51. The number of likely N-dealkylation sites (tertiary alicyclic amines) is 1. The maximum absolute atomic E-state index is 12.6. The molecule has 2 aromatic rings. The fourth-order valence-electron chi connectivity index (χ4n) is 3.74. The van der Waals surface area contributed by atoms with Crippen LogP contribution in [0.25, 0.3) is 0 Å². The Labute approximate surface area is 166 Å². The van der Waals surface area contributed by atoms with Crippen molar-refractivity contribution < 1.29 is 14.3 Å². The molecule has 2 aromatic carbocycles. The lowest BCUT2D eigenvalue weighted by Crippen LogP contribution is -2.57. The van der Waals surface area contributed by atoms with E-state index in [4.69, 9.17) is 9.47 Å². The largest absolute Gasteiger partial charge is 0.487 e. The van der Waals surface area contributed by atoms with Gasteiger partial charge in [-0.25, -0.2) is 0 Å². The molecule has 2 heterocycles. The van der Waals surface area contributed by atoms with Gasteiger partial charge in [0.25, 0.3) is 0 Å². The van der Waals surface area contributed by atoms with Crippen molar-refractivity contribution in [2.75, 3.05) is 32.8 Å². The van der Waals surface area contributed by atoms with Gasteiger partial charge in [0.15, 0.2) is 0 Å². The third-order valence-corrected chi connectivity index (χ3v) is 5.40. The number of ether oxygens (including phenoxy) is 2. The zero-order chi connectivity index (χ0) is 19.3. The predicted molar refractivity (Wildman–Crippen MR) is 108 cm³/mol. The molecule has 2 saturated heterocycles. The van der Waals surface area contributed by atoms with Crippen LogP contribution in [-0.4, -0.2) is 60.7 Å². The Balaban J connectivity index is 1.20. The van der Waals surface area contributed by atoms with Crippen LogP contribution in [-0.2, 0) is 16.1 Å². The van der Waals surface area contributed by atoms with Crippen LogP contribution >= 0.6 is 0 Å². The fourth-order valence-corrected chi connectivity index (χ4v) is 3.74. The summed E-state index contributed by atoms with van der Waals surface area (Å²) in [7, 11) is 0. The van der Waals surface area contributed by atoms with Gasteiger partial charge in [-0.15, -0.1) is 0 Å². The lowest BCUT2D eigenvalue weighted by atomic mass is 10.1. The van der Waals surface area contributed by atoms with E-state index in [0.717, 1.165) is 25.4 Å². The minimum atomic E-state index is -0.0259.